The van der Waals surface area contributed by atoms with Crippen molar-refractivity contribution in [3.63, 3.8) is 0 Å². The Labute approximate surface area is 92.5 Å². The van der Waals surface area contributed by atoms with E-state index >= 15 is 0 Å². The summed E-state index contributed by atoms with van der Waals surface area (Å²) in [7, 11) is 0. The number of aryl methyl sites for hydroxylation is 1. The van der Waals surface area contributed by atoms with E-state index in [1.807, 2.05) is 6.92 Å². The molecule has 1 rings (SSSR count). The van der Waals surface area contributed by atoms with Crippen LogP contribution in [0.25, 0.3) is 0 Å². The maximum atomic E-state index is 11.7. The van der Waals surface area contributed by atoms with Crippen molar-refractivity contribution in [3.8, 4) is 0 Å². The van der Waals surface area contributed by atoms with Crippen molar-refractivity contribution in [2.75, 3.05) is 0 Å². The normalized spacial score (nSPS) is 12.5. The Balaban J connectivity index is 2.87. The highest BCUT2D eigenvalue weighted by Gasteiger charge is 2.16. The smallest absolute Gasteiger partial charge is 0.140 e. The first-order valence-corrected chi connectivity index (χ1v) is 5.84. The van der Waals surface area contributed by atoms with Crippen LogP contribution >= 0.6 is 0 Å². The summed E-state index contributed by atoms with van der Waals surface area (Å²) < 4.78 is 0. The fourth-order valence-electron chi connectivity index (χ4n) is 1.88. The van der Waals surface area contributed by atoms with E-state index in [1.165, 1.54) is 11.1 Å². The van der Waals surface area contributed by atoms with Gasteiger partial charge in [-0.1, -0.05) is 45.0 Å². The third kappa shape index (κ3) is 2.92. The van der Waals surface area contributed by atoms with Crippen molar-refractivity contribution in [1.82, 2.24) is 0 Å². The number of hydrogen-bond donors (Lipinski definition) is 0. The van der Waals surface area contributed by atoms with Crippen molar-refractivity contribution < 1.29 is 4.79 Å². The molecule has 0 amide bonds. The van der Waals surface area contributed by atoms with Crippen LogP contribution in [0.5, 0.6) is 0 Å². The van der Waals surface area contributed by atoms with Crippen LogP contribution in [0.4, 0.5) is 0 Å². The summed E-state index contributed by atoms with van der Waals surface area (Å²) in [4.78, 5) is 11.7. The van der Waals surface area contributed by atoms with Crippen molar-refractivity contribution in [1.29, 1.82) is 0 Å². The minimum atomic E-state index is 0.0981. The number of carbonyl (C=O) groups is 1. The Kier molecular flexibility index (Phi) is 4.54. The molecule has 0 aliphatic rings. The molecule has 0 bridgehead atoms. The van der Waals surface area contributed by atoms with Gasteiger partial charge in [0.15, 0.2) is 0 Å². The maximum Gasteiger partial charge on any atom is 0.140 e. The van der Waals surface area contributed by atoms with Gasteiger partial charge >= 0.3 is 0 Å². The molecular formula is C14H20O. The van der Waals surface area contributed by atoms with E-state index in [9.17, 15) is 4.79 Å². The fraction of sp³-hybridized carbons (Fsp3) is 0.500. The van der Waals surface area contributed by atoms with E-state index in [0.29, 0.717) is 12.2 Å². The van der Waals surface area contributed by atoms with E-state index in [0.717, 1.165) is 12.8 Å². The van der Waals surface area contributed by atoms with E-state index in [1.54, 1.807) is 0 Å². The molecule has 1 heteroatoms. The van der Waals surface area contributed by atoms with Gasteiger partial charge < -0.3 is 0 Å². The van der Waals surface area contributed by atoms with Gasteiger partial charge in [0.2, 0.25) is 0 Å². The van der Waals surface area contributed by atoms with E-state index < -0.39 is 0 Å². The Morgan fingerprint density at radius 2 is 1.73 bits per heavy atom. The lowest BCUT2D eigenvalue weighted by atomic mass is 9.90. The lowest BCUT2D eigenvalue weighted by Gasteiger charge is -2.13. The summed E-state index contributed by atoms with van der Waals surface area (Å²) in [5.41, 5.74) is 2.50. The summed E-state index contributed by atoms with van der Waals surface area (Å²) in [6, 6.07) is 8.45. The summed E-state index contributed by atoms with van der Waals surface area (Å²) in [6.07, 6.45) is 2.59. The van der Waals surface area contributed by atoms with Gasteiger partial charge in [-0.05, 0) is 24.0 Å². The first-order chi connectivity index (χ1) is 7.22. The Morgan fingerprint density at radius 1 is 1.13 bits per heavy atom. The van der Waals surface area contributed by atoms with Crippen molar-refractivity contribution in [3.05, 3.63) is 35.4 Å². The summed E-state index contributed by atoms with van der Waals surface area (Å²) in [5, 5.41) is 0. The number of ketones is 1. The second kappa shape index (κ2) is 5.69. The zero-order chi connectivity index (χ0) is 11.3. The third-order valence-corrected chi connectivity index (χ3v) is 2.94. The molecule has 1 atom stereocenters. The van der Waals surface area contributed by atoms with Crippen LogP contribution in [0.2, 0.25) is 0 Å². The standard InChI is InChI=1S/C14H20O/c1-4-11-7-9-12(10-8-11)13(5-2)14(15)6-3/h7-10,13H,4-6H2,1-3H3. The van der Waals surface area contributed by atoms with Gasteiger partial charge in [0, 0.05) is 12.3 Å². The maximum absolute atomic E-state index is 11.7. The molecule has 0 spiro atoms. The minimum Gasteiger partial charge on any atom is -0.299 e. The first-order valence-electron chi connectivity index (χ1n) is 5.84. The van der Waals surface area contributed by atoms with Gasteiger partial charge in [-0.3, -0.25) is 4.79 Å². The molecular weight excluding hydrogens is 184 g/mol. The summed E-state index contributed by atoms with van der Waals surface area (Å²) >= 11 is 0. The van der Waals surface area contributed by atoms with E-state index in [4.69, 9.17) is 0 Å². The van der Waals surface area contributed by atoms with Gasteiger partial charge in [-0.2, -0.15) is 0 Å². The molecule has 0 fully saturated rings. The van der Waals surface area contributed by atoms with Crippen LogP contribution in [0, 0.1) is 0 Å². The number of carbonyl (C=O) groups excluding carboxylic acids is 1. The molecule has 82 valence electrons. The van der Waals surface area contributed by atoms with Gasteiger partial charge in [0.1, 0.15) is 5.78 Å². The van der Waals surface area contributed by atoms with Crippen molar-refractivity contribution in [2.24, 2.45) is 0 Å². The highest BCUT2D eigenvalue weighted by atomic mass is 16.1. The quantitative estimate of drug-likeness (QED) is 0.714. The number of hydrogen-bond acceptors (Lipinski definition) is 1. The highest BCUT2D eigenvalue weighted by molar-refractivity contribution is 5.85. The van der Waals surface area contributed by atoms with Crippen LogP contribution < -0.4 is 0 Å². The van der Waals surface area contributed by atoms with Crippen molar-refractivity contribution >= 4 is 5.78 Å². The molecule has 1 unspecified atom stereocenters. The molecule has 1 aromatic rings. The third-order valence-electron chi connectivity index (χ3n) is 2.94. The van der Waals surface area contributed by atoms with Gasteiger partial charge in [-0.15, -0.1) is 0 Å². The van der Waals surface area contributed by atoms with E-state index in [2.05, 4.69) is 38.1 Å². The molecule has 15 heavy (non-hydrogen) atoms. The second-order valence-corrected chi connectivity index (χ2v) is 3.88. The Bertz CT molecular complexity index is 311. The topological polar surface area (TPSA) is 17.1 Å². The number of Topliss-reactive ketones (excluding diaryl/α,β-unsaturated/α-hetero) is 1. The molecule has 0 saturated heterocycles. The molecule has 0 radical (unpaired) electrons. The van der Waals surface area contributed by atoms with Crippen LogP contribution in [0.1, 0.15) is 50.7 Å². The summed E-state index contributed by atoms with van der Waals surface area (Å²) in [5.74, 6) is 0.447. The Morgan fingerprint density at radius 3 is 2.13 bits per heavy atom. The molecule has 0 aromatic heterocycles. The molecule has 0 aliphatic heterocycles. The largest absolute Gasteiger partial charge is 0.299 e. The lowest BCUT2D eigenvalue weighted by Crippen LogP contribution is -2.10. The summed E-state index contributed by atoms with van der Waals surface area (Å²) in [6.45, 7) is 6.15. The number of benzene rings is 1. The molecule has 0 N–H and O–H groups in total. The van der Waals surface area contributed by atoms with Crippen LogP contribution in [-0.4, -0.2) is 5.78 Å². The van der Waals surface area contributed by atoms with Gasteiger partial charge in [0.05, 0.1) is 0 Å². The average Bonchev–Trinajstić information content (AvgIpc) is 2.30. The average molecular weight is 204 g/mol. The number of rotatable bonds is 5. The monoisotopic (exact) mass is 204 g/mol. The Hall–Kier alpha value is -1.11. The SMILES string of the molecule is CCC(=O)C(CC)c1ccc(CC)cc1. The molecule has 0 heterocycles. The zero-order valence-electron chi connectivity index (χ0n) is 9.92. The fourth-order valence-corrected chi connectivity index (χ4v) is 1.88. The lowest BCUT2D eigenvalue weighted by molar-refractivity contribution is -0.120. The first kappa shape index (κ1) is 12.0. The van der Waals surface area contributed by atoms with Crippen LogP contribution in [0.3, 0.4) is 0 Å². The highest BCUT2D eigenvalue weighted by Crippen LogP contribution is 2.22. The molecule has 0 saturated carbocycles. The molecule has 1 nitrogen and oxygen atoms in total. The zero-order valence-corrected chi connectivity index (χ0v) is 9.92. The molecule has 1 aromatic carbocycles. The van der Waals surface area contributed by atoms with Gasteiger partial charge in [0.25, 0.3) is 0 Å². The predicted octanol–water partition coefficient (Wildman–Crippen LogP) is 3.72. The minimum absolute atomic E-state index is 0.0981. The molecule has 0 aliphatic carbocycles. The second-order valence-electron chi connectivity index (χ2n) is 3.88. The van der Waals surface area contributed by atoms with Crippen LogP contribution in [0.15, 0.2) is 24.3 Å². The van der Waals surface area contributed by atoms with E-state index in [-0.39, 0.29) is 5.92 Å². The van der Waals surface area contributed by atoms with Gasteiger partial charge in [-0.25, -0.2) is 0 Å². The van der Waals surface area contributed by atoms with Crippen LogP contribution in [-0.2, 0) is 11.2 Å². The predicted molar refractivity (Wildman–Crippen MR) is 64.2 cm³/mol. The van der Waals surface area contributed by atoms with Crippen molar-refractivity contribution in [2.45, 2.75) is 46.0 Å².